The van der Waals surface area contributed by atoms with Crippen LogP contribution in [-0.2, 0) is 0 Å². The highest BCUT2D eigenvalue weighted by Crippen LogP contribution is 2.23. The second kappa shape index (κ2) is 12.3. The fraction of sp³-hybridized carbons (Fsp3) is 0.348. The van der Waals surface area contributed by atoms with Crippen LogP contribution in [0.1, 0.15) is 23.2 Å². The SMILES string of the molecule is C=CCNC(=O)c1cnc(N/C(C=NC)=C/N)nc1Nc1cccc(N(C)C2CCNCC2)n1. The van der Waals surface area contributed by atoms with Gasteiger partial charge >= 0.3 is 0 Å². The zero-order valence-electron chi connectivity index (χ0n) is 19.6. The monoisotopic (exact) mass is 464 g/mol. The molecule has 0 aliphatic carbocycles. The molecule has 0 spiro atoms. The molecule has 0 radical (unpaired) electrons. The summed E-state index contributed by atoms with van der Waals surface area (Å²) in [5.41, 5.74) is 6.42. The summed E-state index contributed by atoms with van der Waals surface area (Å²) in [5.74, 6) is 1.63. The molecule has 1 aliphatic heterocycles. The van der Waals surface area contributed by atoms with Crippen molar-refractivity contribution >= 4 is 35.5 Å². The van der Waals surface area contributed by atoms with E-state index in [2.05, 4.69) is 54.8 Å². The molecule has 2 aromatic rings. The maximum absolute atomic E-state index is 12.7. The summed E-state index contributed by atoms with van der Waals surface area (Å²) in [7, 11) is 3.69. The van der Waals surface area contributed by atoms with Gasteiger partial charge in [-0.15, -0.1) is 6.58 Å². The van der Waals surface area contributed by atoms with Crippen LogP contribution in [0.5, 0.6) is 0 Å². The number of amides is 1. The fourth-order valence-electron chi connectivity index (χ4n) is 3.54. The summed E-state index contributed by atoms with van der Waals surface area (Å²) in [6, 6.07) is 6.14. The van der Waals surface area contributed by atoms with Gasteiger partial charge in [-0.05, 0) is 38.1 Å². The Morgan fingerprint density at radius 3 is 2.85 bits per heavy atom. The van der Waals surface area contributed by atoms with Gasteiger partial charge in [-0.2, -0.15) is 4.98 Å². The van der Waals surface area contributed by atoms with Crippen molar-refractivity contribution in [2.24, 2.45) is 10.7 Å². The van der Waals surface area contributed by atoms with Gasteiger partial charge in [0.25, 0.3) is 5.91 Å². The molecule has 0 bridgehead atoms. The molecule has 180 valence electrons. The Morgan fingerprint density at radius 2 is 2.15 bits per heavy atom. The molecule has 1 aliphatic rings. The van der Waals surface area contributed by atoms with E-state index in [9.17, 15) is 4.79 Å². The quantitative estimate of drug-likeness (QED) is 0.262. The first kappa shape index (κ1) is 24.6. The standard InChI is InChI=1S/C23H32N10O/c1-4-10-27-22(34)18-15-28-23(29-16(13-24)14-25-2)32-21(18)31-19-6-5-7-20(30-19)33(3)17-8-11-26-12-9-17/h4-7,13-15,17,26H,1,8-12,24H2,2-3H3,(H,27,34)(H2,28,29,30,31,32)/b16-13+,25-14?. The fourth-order valence-corrected chi connectivity index (χ4v) is 3.54. The van der Waals surface area contributed by atoms with Crippen LogP contribution in [0.25, 0.3) is 0 Å². The molecule has 34 heavy (non-hydrogen) atoms. The van der Waals surface area contributed by atoms with Gasteiger partial charge in [-0.1, -0.05) is 12.1 Å². The van der Waals surface area contributed by atoms with Crippen molar-refractivity contribution in [1.29, 1.82) is 0 Å². The molecule has 3 rings (SSSR count). The minimum Gasteiger partial charge on any atom is -0.403 e. The summed E-state index contributed by atoms with van der Waals surface area (Å²) in [5, 5.41) is 12.3. The van der Waals surface area contributed by atoms with Gasteiger partial charge in [0.1, 0.15) is 23.0 Å². The number of aromatic nitrogens is 3. The topological polar surface area (TPSA) is 145 Å². The maximum Gasteiger partial charge on any atom is 0.256 e. The van der Waals surface area contributed by atoms with Gasteiger partial charge in [0.2, 0.25) is 5.95 Å². The number of anilines is 4. The first-order chi connectivity index (χ1) is 16.5. The van der Waals surface area contributed by atoms with Crippen molar-refractivity contribution in [3.8, 4) is 0 Å². The number of pyridine rings is 1. The van der Waals surface area contributed by atoms with Gasteiger partial charge < -0.3 is 31.9 Å². The maximum atomic E-state index is 12.7. The second-order valence-electron chi connectivity index (χ2n) is 7.69. The molecule has 0 aromatic carbocycles. The molecule has 11 heteroatoms. The van der Waals surface area contributed by atoms with Gasteiger partial charge in [0.05, 0.1) is 5.70 Å². The first-order valence-corrected chi connectivity index (χ1v) is 11.1. The van der Waals surface area contributed by atoms with Crippen molar-refractivity contribution < 1.29 is 4.79 Å². The van der Waals surface area contributed by atoms with Crippen molar-refractivity contribution in [3.63, 3.8) is 0 Å². The number of nitrogens with one attached hydrogen (secondary N) is 4. The summed E-state index contributed by atoms with van der Waals surface area (Å²) in [6.07, 6.45) is 8.06. The van der Waals surface area contributed by atoms with Crippen LogP contribution in [0.4, 0.5) is 23.4 Å². The van der Waals surface area contributed by atoms with E-state index in [4.69, 9.17) is 10.7 Å². The number of rotatable bonds is 10. The van der Waals surface area contributed by atoms with E-state index in [1.807, 2.05) is 18.2 Å². The van der Waals surface area contributed by atoms with Crippen molar-refractivity contribution in [2.45, 2.75) is 18.9 Å². The van der Waals surface area contributed by atoms with E-state index < -0.39 is 0 Å². The van der Waals surface area contributed by atoms with E-state index in [0.29, 0.717) is 29.9 Å². The van der Waals surface area contributed by atoms with Gasteiger partial charge in [-0.3, -0.25) is 9.79 Å². The Kier molecular flexibility index (Phi) is 8.92. The molecule has 0 saturated carbocycles. The zero-order valence-corrected chi connectivity index (χ0v) is 19.6. The summed E-state index contributed by atoms with van der Waals surface area (Å²) in [4.78, 5) is 32.3. The van der Waals surface area contributed by atoms with Crippen LogP contribution < -0.4 is 31.9 Å². The number of aliphatic imine (C=N–C) groups is 1. The summed E-state index contributed by atoms with van der Waals surface area (Å²) in [6.45, 7) is 5.94. The molecule has 11 nitrogen and oxygen atoms in total. The predicted octanol–water partition coefficient (Wildman–Crippen LogP) is 1.63. The summed E-state index contributed by atoms with van der Waals surface area (Å²) >= 11 is 0. The van der Waals surface area contributed by atoms with Crippen LogP contribution in [0, 0.1) is 0 Å². The number of piperidine rings is 1. The number of allylic oxidation sites excluding steroid dienone is 1. The van der Waals surface area contributed by atoms with Crippen molar-refractivity contribution in [3.05, 3.63) is 54.5 Å². The highest BCUT2D eigenvalue weighted by molar-refractivity contribution is 5.99. The lowest BCUT2D eigenvalue weighted by atomic mass is 10.1. The Balaban J connectivity index is 1.88. The highest BCUT2D eigenvalue weighted by atomic mass is 16.1. The molecule has 3 heterocycles. The van der Waals surface area contributed by atoms with Crippen molar-refractivity contribution in [2.75, 3.05) is 49.3 Å². The molecular weight excluding hydrogens is 432 g/mol. The van der Waals surface area contributed by atoms with E-state index in [0.717, 1.165) is 31.7 Å². The number of nitrogens with zero attached hydrogens (tertiary/aromatic N) is 5. The highest BCUT2D eigenvalue weighted by Gasteiger charge is 2.20. The molecular formula is C23H32N10O. The van der Waals surface area contributed by atoms with Gasteiger partial charge in [0.15, 0.2) is 0 Å². The first-order valence-electron chi connectivity index (χ1n) is 11.1. The van der Waals surface area contributed by atoms with Crippen LogP contribution in [0.15, 0.2) is 53.9 Å². The minimum absolute atomic E-state index is 0.252. The number of carbonyl (C=O) groups is 1. The summed E-state index contributed by atoms with van der Waals surface area (Å²) < 4.78 is 0. The Labute approximate surface area is 199 Å². The second-order valence-corrected chi connectivity index (χ2v) is 7.69. The Bertz CT molecular complexity index is 1050. The lowest BCUT2D eigenvalue weighted by Crippen LogP contribution is -2.41. The largest absolute Gasteiger partial charge is 0.403 e. The third kappa shape index (κ3) is 6.51. The lowest BCUT2D eigenvalue weighted by Gasteiger charge is -2.32. The minimum atomic E-state index is -0.332. The third-order valence-electron chi connectivity index (χ3n) is 5.34. The smallest absolute Gasteiger partial charge is 0.256 e. The normalized spacial score (nSPS) is 14.6. The van der Waals surface area contributed by atoms with Crippen molar-refractivity contribution in [1.82, 2.24) is 25.6 Å². The number of carbonyl (C=O) groups excluding carboxylic acids is 1. The Morgan fingerprint density at radius 1 is 1.35 bits per heavy atom. The van der Waals surface area contributed by atoms with Crippen LogP contribution >= 0.6 is 0 Å². The third-order valence-corrected chi connectivity index (χ3v) is 5.34. The molecule has 2 aromatic heterocycles. The molecule has 1 saturated heterocycles. The number of hydrogen-bond acceptors (Lipinski definition) is 10. The van der Waals surface area contributed by atoms with E-state index in [1.165, 1.54) is 12.4 Å². The predicted molar refractivity (Wildman–Crippen MR) is 137 cm³/mol. The van der Waals surface area contributed by atoms with E-state index in [-0.39, 0.29) is 17.4 Å². The molecule has 0 unspecified atom stereocenters. The van der Waals surface area contributed by atoms with Gasteiger partial charge in [0, 0.05) is 45.3 Å². The van der Waals surface area contributed by atoms with Crippen LogP contribution in [-0.4, -0.2) is 66.8 Å². The average molecular weight is 465 g/mol. The molecule has 6 N–H and O–H groups in total. The average Bonchev–Trinajstić information content (AvgIpc) is 2.87. The molecule has 1 fully saturated rings. The molecule has 0 atom stereocenters. The number of nitrogens with two attached hydrogens (primary N) is 1. The Hall–Kier alpha value is -3.99. The molecule has 1 amide bonds. The lowest BCUT2D eigenvalue weighted by molar-refractivity contribution is 0.0958. The van der Waals surface area contributed by atoms with Crippen LogP contribution in [0.3, 0.4) is 0 Å². The van der Waals surface area contributed by atoms with E-state index >= 15 is 0 Å². The van der Waals surface area contributed by atoms with Crippen LogP contribution in [0.2, 0.25) is 0 Å². The number of hydrogen-bond donors (Lipinski definition) is 5. The zero-order chi connectivity index (χ0) is 24.3. The van der Waals surface area contributed by atoms with Gasteiger partial charge in [-0.25, -0.2) is 9.97 Å². The van der Waals surface area contributed by atoms with E-state index in [1.54, 1.807) is 19.3 Å².